The van der Waals surface area contributed by atoms with Gasteiger partial charge < -0.3 is 55.3 Å². The lowest BCUT2D eigenvalue weighted by Crippen LogP contribution is -2.33. The molecular weight excluding hydrogens is 765 g/mol. The molecule has 14 nitrogen and oxygen atoms in total. The van der Waals surface area contributed by atoms with Crippen molar-refractivity contribution in [2.24, 2.45) is 9.98 Å². The Morgan fingerprint density at radius 3 is 1.40 bits per heavy atom. The van der Waals surface area contributed by atoms with Gasteiger partial charge in [0.25, 0.3) is 0 Å². The van der Waals surface area contributed by atoms with Crippen molar-refractivity contribution in [2.75, 3.05) is 0 Å². The smallest absolute Gasteiger partial charge is 0.161 e. The zero-order chi connectivity index (χ0) is 41.6. The first-order valence-electron chi connectivity index (χ1n) is 18.5. The highest BCUT2D eigenvalue weighted by Gasteiger charge is 2.29. The molecule has 0 fully saturated rings. The lowest BCUT2D eigenvalue weighted by molar-refractivity contribution is 0.452. The predicted molar refractivity (Wildman–Crippen MR) is 225 cm³/mol. The van der Waals surface area contributed by atoms with Gasteiger partial charge in [0.2, 0.25) is 0 Å². The van der Waals surface area contributed by atoms with Crippen molar-refractivity contribution in [1.29, 1.82) is 5.26 Å². The second-order valence-corrected chi connectivity index (χ2v) is 14.3. The Kier molecular flexibility index (Phi) is 7.78. The molecule has 9 N–H and O–H groups in total. The van der Waals surface area contributed by atoms with Gasteiger partial charge in [-0.05, 0) is 17.7 Å². The number of rotatable bonds is 5. The van der Waals surface area contributed by atoms with E-state index in [1.165, 1.54) is 34.9 Å². The summed E-state index contributed by atoms with van der Waals surface area (Å²) in [6, 6.07) is 34.0. The van der Waals surface area contributed by atoms with Crippen LogP contribution in [0.4, 0.5) is 0 Å². The fourth-order valence-corrected chi connectivity index (χ4v) is 8.23. The quantitative estimate of drug-likeness (QED) is 0.0817. The first-order chi connectivity index (χ1) is 29.0. The van der Waals surface area contributed by atoms with Crippen LogP contribution < -0.4 is 5.32 Å². The molecule has 0 spiro atoms. The Hall–Kier alpha value is -8.83. The molecule has 0 aliphatic carbocycles. The van der Waals surface area contributed by atoms with Crippen LogP contribution in [0.1, 0.15) is 28.4 Å². The number of nitriles is 1. The monoisotopic (exact) mass is 794 g/mol. The van der Waals surface area contributed by atoms with E-state index in [0.717, 1.165) is 35.4 Å². The molecule has 1 atom stereocenters. The highest BCUT2D eigenvalue weighted by molar-refractivity contribution is 6.19. The number of phenols is 8. The van der Waals surface area contributed by atoms with E-state index in [2.05, 4.69) is 11.4 Å². The Balaban J connectivity index is 1.39. The summed E-state index contributed by atoms with van der Waals surface area (Å²) in [6.07, 6.45) is -0.680. The molecule has 9 aromatic rings. The van der Waals surface area contributed by atoms with Gasteiger partial charge in [-0.25, -0.2) is 9.98 Å². The number of aliphatic imine (C=N–C) groups is 2. The van der Waals surface area contributed by atoms with Crippen molar-refractivity contribution in [3.8, 4) is 63.4 Å². The van der Waals surface area contributed by atoms with Gasteiger partial charge >= 0.3 is 0 Å². The van der Waals surface area contributed by atoms with Gasteiger partial charge in [-0.2, -0.15) is 5.26 Å². The minimum atomic E-state index is -0.680. The van der Waals surface area contributed by atoms with Gasteiger partial charge in [-0.3, -0.25) is 0 Å². The third kappa shape index (κ3) is 5.41. The molecule has 1 aliphatic heterocycles. The summed E-state index contributed by atoms with van der Waals surface area (Å²) < 4.78 is 3.06. The molecule has 292 valence electrons. The summed E-state index contributed by atoms with van der Waals surface area (Å²) >= 11 is 0. The normalized spacial score (nSPS) is 14.0. The summed E-state index contributed by atoms with van der Waals surface area (Å²) in [5.74, 6) is -2.24. The molecule has 0 bridgehead atoms. The lowest BCUT2D eigenvalue weighted by atomic mass is 10.0. The maximum atomic E-state index is 11.3. The Morgan fingerprint density at radius 2 is 0.950 bits per heavy atom. The average molecular weight is 795 g/mol. The molecule has 2 aromatic heterocycles. The van der Waals surface area contributed by atoms with Crippen LogP contribution >= 0.6 is 0 Å². The SMILES string of the molecule is N#Cc1cc(C2=NC(c3ccccc3)NC(c3ccccc3)=N2)c(-n2c3cc(O)cc(O)c3c3c(O)cc(O)cc32)cc1-n1c2cc(O)cc(O)c2c2c(O)cc(O)cc21. The van der Waals surface area contributed by atoms with E-state index >= 15 is 0 Å². The third-order valence-corrected chi connectivity index (χ3v) is 10.7. The average Bonchev–Trinajstić information content (AvgIpc) is 3.73. The summed E-state index contributed by atoms with van der Waals surface area (Å²) in [7, 11) is 0. The van der Waals surface area contributed by atoms with Crippen molar-refractivity contribution in [3.05, 3.63) is 144 Å². The molecule has 1 aliphatic rings. The molecule has 7 aromatic carbocycles. The van der Waals surface area contributed by atoms with Crippen LogP contribution in [-0.2, 0) is 0 Å². The van der Waals surface area contributed by atoms with Gasteiger partial charge in [-0.1, -0.05) is 60.7 Å². The number of hydrogen-bond acceptors (Lipinski definition) is 12. The van der Waals surface area contributed by atoms with Crippen molar-refractivity contribution in [2.45, 2.75) is 6.17 Å². The summed E-state index contributed by atoms with van der Waals surface area (Å²) in [5.41, 5.74) is 2.79. The predicted octanol–water partition coefficient (Wildman–Crippen LogP) is 7.89. The van der Waals surface area contributed by atoms with E-state index < -0.39 is 6.17 Å². The molecule has 0 radical (unpaired) electrons. The Morgan fingerprint density at radius 1 is 0.517 bits per heavy atom. The van der Waals surface area contributed by atoms with E-state index in [0.29, 0.717) is 5.84 Å². The van der Waals surface area contributed by atoms with Crippen molar-refractivity contribution >= 4 is 55.3 Å². The molecule has 0 saturated heterocycles. The molecule has 10 rings (SSSR count). The molecule has 1 unspecified atom stereocenters. The lowest BCUT2D eigenvalue weighted by Gasteiger charge is -2.25. The molecule has 14 heteroatoms. The summed E-state index contributed by atoms with van der Waals surface area (Å²) in [5, 5.41) is 103. The van der Waals surface area contributed by atoms with Gasteiger partial charge in [0.15, 0.2) is 5.84 Å². The number of benzene rings is 7. The molecule has 0 saturated carbocycles. The number of aromatic nitrogens is 2. The van der Waals surface area contributed by atoms with Gasteiger partial charge in [0.05, 0.1) is 60.5 Å². The van der Waals surface area contributed by atoms with E-state index in [1.54, 1.807) is 10.6 Å². The zero-order valence-electron chi connectivity index (χ0n) is 30.9. The zero-order valence-corrected chi connectivity index (χ0v) is 30.9. The highest BCUT2D eigenvalue weighted by atomic mass is 16.3. The fourth-order valence-electron chi connectivity index (χ4n) is 8.23. The summed E-state index contributed by atoms with van der Waals surface area (Å²) in [4.78, 5) is 10.1. The Bertz CT molecular complexity index is 3270. The van der Waals surface area contributed by atoms with E-state index in [-0.39, 0.29) is 118 Å². The van der Waals surface area contributed by atoms with Crippen molar-refractivity contribution in [1.82, 2.24) is 14.5 Å². The number of aromatic hydroxyl groups is 8. The van der Waals surface area contributed by atoms with Gasteiger partial charge in [-0.15, -0.1) is 0 Å². The van der Waals surface area contributed by atoms with E-state index in [1.807, 2.05) is 60.7 Å². The number of fused-ring (bicyclic) bond motifs is 6. The standard InChI is InChI=1S/C46H30N6O8/c47-21-24-11-29(46-49-44(22-7-3-1-4-8-22)48-45(50-46)23-9-5-2-6-10-23)31(52-34-14-27(55)18-38(59)42(34)43-35(52)15-28(56)19-39(43)60)20-30(24)51-32-12-25(53)16-36(57)40(32)41-33(51)13-26(54)17-37(41)58/h1-20,44,53-60H,(H,48,49,50). The topological polar surface area (TPSA) is 232 Å². The third-order valence-electron chi connectivity index (χ3n) is 10.7. The number of phenolic OH excluding ortho intramolecular Hbond substituents is 8. The number of nitrogens with zero attached hydrogens (tertiary/aromatic N) is 5. The second kappa shape index (κ2) is 13.1. The fraction of sp³-hybridized carbons (Fsp3) is 0.0217. The maximum Gasteiger partial charge on any atom is 0.161 e. The summed E-state index contributed by atoms with van der Waals surface area (Å²) in [6.45, 7) is 0. The number of nitrogens with one attached hydrogen (secondary N) is 1. The van der Waals surface area contributed by atoms with Crippen LogP contribution in [0.5, 0.6) is 46.0 Å². The molecular formula is C46H30N6O8. The largest absolute Gasteiger partial charge is 0.508 e. The second-order valence-electron chi connectivity index (χ2n) is 14.3. The molecule has 3 heterocycles. The molecule has 0 amide bonds. The van der Waals surface area contributed by atoms with Crippen LogP contribution in [0.15, 0.2) is 131 Å². The van der Waals surface area contributed by atoms with Crippen LogP contribution in [0, 0.1) is 11.3 Å². The van der Waals surface area contributed by atoms with Crippen molar-refractivity contribution in [3.63, 3.8) is 0 Å². The first-order valence-corrected chi connectivity index (χ1v) is 18.5. The van der Waals surface area contributed by atoms with Crippen molar-refractivity contribution < 1.29 is 40.9 Å². The van der Waals surface area contributed by atoms with Gasteiger partial charge in [0.1, 0.15) is 64.1 Å². The Labute approximate surface area is 338 Å². The van der Waals surface area contributed by atoms with E-state index in [4.69, 9.17) is 9.98 Å². The highest BCUT2D eigenvalue weighted by Crippen LogP contribution is 2.48. The maximum absolute atomic E-state index is 11.3. The number of hydrogen-bond donors (Lipinski definition) is 9. The molecule has 60 heavy (non-hydrogen) atoms. The van der Waals surface area contributed by atoms with E-state index in [9.17, 15) is 46.1 Å². The van der Waals surface area contributed by atoms with Crippen LogP contribution in [0.3, 0.4) is 0 Å². The van der Waals surface area contributed by atoms with Gasteiger partial charge in [0, 0.05) is 59.7 Å². The minimum absolute atomic E-state index is 0.0179. The van der Waals surface area contributed by atoms with Crippen LogP contribution in [0.25, 0.3) is 55.0 Å². The van der Waals surface area contributed by atoms with Crippen LogP contribution in [0.2, 0.25) is 0 Å². The number of amidine groups is 2. The minimum Gasteiger partial charge on any atom is -0.508 e. The first kappa shape index (κ1) is 35.6. The van der Waals surface area contributed by atoms with Crippen LogP contribution in [-0.4, -0.2) is 61.7 Å².